The fraction of sp³-hybridized carbons (Fsp3) is 0.571. The van der Waals surface area contributed by atoms with Gasteiger partial charge in [-0.2, -0.15) is 0 Å². The number of likely N-dealkylation sites (tertiary alicyclic amines) is 1. The van der Waals surface area contributed by atoms with Crippen molar-refractivity contribution >= 4 is 5.91 Å². The topological polar surface area (TPSA) is 118 Å². The second kappa shape index (κ2) is 8.10. The Morgan fingerprint density at radius 1 is 1.29 bits per heavy atom. The lowest BCUT2D eigenvalue weighted by atomic mass is 9.71. The number of amides is 1. The fourth-order valence-corrected chi connectivity index (χ4v) is 4.92. The normalized spacial score (nSPS) is 28.8. The summed E-state index contributed by atoms with van der Waals surface area (Å²) in [6.07, 6.45) is 6.95. The molecule has 10 heteroatoms. The molecule has 1 atom stereocenters. The first-order valence-corrected chi connectivity index (χ1v) is 10.8. The Balaban J connectivity index is 1.14. The van der Waals surface area contributed by atoms with Crippen molar-refractivity contribution in [2.45, 2.75) is 57.9 Å². The monoisotopic (exact) mass is 425 g/mol. The Kier molecular flexibility index (Phi) is 5.28. The molecule has 0 radical (unpaired) electrons. The fourth-order valence-electron chi connectivity index (χ4n) is 4.92. The third-order valence-corrected chi connectivity index (χ3v) is 6.94. The van der Waals surface area contributed by atoms with Crippen LogP contribution in [0.5, 0.6) is 0 Å². The highest BCUT2D eigenvalue weighted by Crippen LogP contribution is 2.46. The Morgan fingerprint density at radius 3 is 2.77 bits per heavy atom. The number of aromatic nitrogens is 5. The molecule has 1 amide bonds. The number of aliphatic hydroxyl groups is 1. The second-order valence-electron chi connectivity index (χ2n) is 8.69. The van der Waals surface area contributed by atoms with Crippen molar-refractivity contribution in [3.05, 3.63) is 41.5 Å². The van der Waals surface area contributed by atoms with Gasteiger partial charge < -0.3 is 20.1 Å². The van der Waals surface area contributed by atoms with Gasteiger partial charge in [-0.1, -0.05) is 6.07 Å². The molecule has 2 aromatic heterocycles. The molecule has 3 aliphatic rings. The van der Waals surface area contributed by atoms with E-state index in [1.54, 1.807) is 0 Å². The molecular weight excluding hydrogens is 398 g/mol. The first-order chi connectivity index (χ1) is 15.1. The van der Waals surface area contributed by atoms with Gasteiger partial charge in [0.05, 0.1) is 17.7 Å². The van der Waals surface area contributed by atoms with E-state index in [-0.39, 0.29) is 11.3 Å². The van der Waals surface area contributed by atoms with Crippen LogP contribution >= 0.6 is 0 Å². The van der Waals surface area contributed by atoms with Crippen molar-refractivity contribution in [3.8, 4) is 5.82 Å². The van der Waals surface area contributed by atoms with E-state index < -0.39 is 6.29 Å². The first kappa shape index (κ1) is 20.2. The Labute approximate surface area is 180 Å². The standard InChI is InChI=1S/C21H27N7O3/c1-14-17(12-31-19(14)29)27-9-8-21(20(27)30)6-4-16(5-7-21)22-10-15-2-3-18(23-11-15)28-25-13-24-26-28/h2-3,11,13,16,19,22,29H,4-10,12H2,1H3. The van der Waals surface area contributed by atoms with E-state index in [9.17, 15) is 9.90 Å². The quantitative estimate of drug-likeness (QED) is 0.726. The van der Waals surface area contributed by atoms with E-state index in [1.807, 2.05) is 30.2 Å². The van der Waals surface area contributed by atoms with Gasteiger partial charge in [0.25, 0.3) is 0 Å². The van der Waals surface area contributed by atoms with E-state index in [1.165, 1.54) is 11.1 Å². The van der Waals surface area contributed by atoms with Gasteiger partial charge in [-0.05, 0) is 55.9 Å². The van der Waals surface area contributed by atoms with Crippen LogP contribution in [0.4, 0.5) is 0 Å². The highest BCUT2D eigenvalue weighted by molar-refractivity contribution is 5.86. The maximum Gasteiger partial charge on any atom is 0.233 e. The van der Waals surface area contributed by atoms with Crippen molar-refractivity contribution in [1.82, 2.24) is 35.4 Å². The molecule has 5 rings (SSSR count). The highest BCUT2D eigenvalue weighted by atomic mass is 16.6. The average Bonchev–Trinajstić information content (AvgIpc) is 3.51. The summed E-state index contributed by atoms with van der Waals surface area (Å²) in [5, 5.41) is 24.9. The summed E-state index contributed by atoms with van der Waals surface area (Å²) in [5.41, 5.74) is 2.45. The zero-order valence-electron chi connectivity index (χ0n) is 17.6. The molecule has 0 bridgehead atoms. The molecule has 1 spiro atoms. The van der Waals surface area contributed by atoms with Gasteiger partial charge in [0.2, 0.25) is 5.91 Å². The smallest absolute Gasteiger partial charge is 0.233 e. The lowest BCUT2D eigenvalue weighted by Gasteiger charge is -2.36. The molecule has 2 aromatic rings. The third-order valence-electron chi connectivity index (χ3n) is 6.94. The molecule has 164 valence electrons. The Hall–Kier alpha value is -2.69. The van der Waals surface area contributed by atoms with Crippen LogP contribution in [-0.2, 0) is 16.1 Å². The zero-order chi connectivity index (χ0) is 21.4. The molecule has 2 N–H and O–H groups in total. The summed E-state index contributed by atoms with van der Waals surface area (Å²) in [6.45, 7) is 3.62. The number of rotatable bonds is 5. The van der Waals surface area contributed by atoms with E-state index in [0.717, 1.165) is 62.0 Å². The molecular formula is C21H27N7O3. The van der Waals surface area contributed by atoms with Crippen molar-refractivity contribution in [2.24, 2.45) is 5.41 Å². The van der Waals surface area contributed by atoms with Crippen LogP contribution in [0.25, 0.3) is 5.82 Å². The summed E-state index contributed by atoms with van der Waals surface area (Å²) in [5.74, 6) is 0.843. The van der Waals surface area contributed by atoms with Gasteiger partial charge in [-0.15, -0.1) is 15.0 Å². The van der Waals surface area contributed by atoms with E-state index in [2.05, 4.69) is 25.7 Å². The molecule has 1 saturated heterocycles. The molecule has 4 heterocycles. The SMILES string of the molecule is CC1=C(N2CCC3(CCC(NCc4ccc(-n5ncnn5)nc4)CC3)C2=O)COC1O. The molecule has 1 unspecified atom stereocenters. The molecule has 2 fully saturated rings. The lowest BCUT2D eigenvalue weighted by Crippen LogP contribution is -2.42. The molecule has 1 aliphatic carbocycles. The van der Waals surface area contributed by atoms with Crippen molar-refractivity contribution in [3.63, 3.8) is 0 Å². The number of carbonyl (C=O) groups excluding carboxylic acids is 1. The van der Waals surface area contributed by atoms with Gasteiger partial charge in [0.1, 0.15) is 0 Å². The van der Waals surface area contributed by atoms with E-state index in [4.69, 9.17) is 4.74 Å². The van der Waals surface area contributed by atoms with Crippen LogP contribution in [0, 0.1) is 5.41 Å². The van der Waals surface area contributed by atoms with Gasteiger partial charge in [0.15, 0.2) is 18.4 Å². The zero-order valence-corrected chi connectivity index (χ0v) is 17.6. The van der Waals surface area contributed by atoms with Gasteiger partial charge >= 0.3 is 0 Å². The number of hydrogen-bond acceptors (Lipinski definition) is 8. The number of nitrogens with one attached hydrogen (secondary N) is 1. The van der Waals surface area contributed by atoms with Gasteiger partial charge in [-0.25, -0.2) is 4.98 Å². The number of tetrazole rings is 1. The lowest BCUT2D eigenvalue weighted by molar-refractivity contribution is -0.136. The molecule has 31 heavy (non-hydrogen) atoms. The molecule has 10 nitrogen and oxygen atoms in total. The maximum atomic E-state index is 13.2. The molecule has 1 saturated carbocycles. The second-order valence-corrected chi connectivity index (χ2v) is 8.69. The number of ether oxygens (including phenoxy) is 1. The summed E-state index contributed by atoms with van der Waals surface area (Å²) < 4.78 is 5.29. The minimum atomic E-state index is -0.879. The number of aliphatic hydroxyl groups excluding tert-OH is 1. The first-order valence-electron chi connectivity index (χ1n) is 10.8. The summed E-state index contributed by atoms with van der Waals surface area (Å²) >= 11 is 0. The summed E-state index contributed by atoms with van der Waals surface area (Å²) in [6, 6.07) is 4.28. The van der Waals surface area contributed by atoms with Crippen LogP contribution < -0.4 is 5.32 Å². The van der Waals surface area contributed by atoms with Crippen LogP contribution in [0.15, 0.2) is 35.9 Å². The van der Waals surface area contributed by atoms with Crippen LogP contribution in [-0.4, -0.2) is 66.6 Å². The number of hydrogen-bond donors (Lipinski definition) is 2. The van der Waals surface area contributed by atoms with Crippen LogP contribution in [0.2, 0.25) is 0 Å². The van der Waals surface area contributed by atoms with Crippen LogP contribution in [0.1, 0.15) is 44.6 Å². The van der Waals surface area contributed by atoms with E-state index in [0.29, 0.717) is 18.5 Å². The third kappa shape index (κ3) is 3.75. The highest BCUT2D eigenvalue weighted by Gasteiger charge is 2.49. The van der Waals surface area contributed by atoms with Crippen molar-refractivity contribution in [2.75, 3.05) is 13.2 Å². The molecule has 2 aliphatic heterocycles. The predicted molar refractivity (Wildman–Crippen MR) is 109 cm³/mol. The predicted octanol–water partition coefficient (Wildman–Crippen LogP) is 0.931. The number of pyridine rings is 1. The number of carbonyl (C=O) groups is 1. The van der Waals surface area contributed by atoms with Crippen LogP contribution in [0.3, 0.4) is 0 Å². The van der Waals surface area contributed by atoms with Gasteiger partial charge in [0, 0.05) is 30.9 Å². The average molecular weight is 425 g/mol. The molecule has 0 aromatic carbocycles. The minimum Gasteiger partial charge on any atom is -0.364 e. The maximum absolute atomic E-state index is 13.2. The summed E-state index contributed by atoms with van der Waals surface area (Å²) in [4.78, 5) is 20.9. The number of nitrogens with zero attached hydrogens (tertiary/aromatic N) is 6. The Morgan fingerprint density at radius 2 is 2.13 bits per heavy atom. The van der Waals surface area contributed by atoms with Gasteiger partial charge in [-0.3, -0.25) is 4.79 Å². The minimum absolute atomic E-state index is 0.208. The van der Waals surface area contributed by atoms with Crippen molar-refractivity contribution in [1.29, 1.82) is 0 Å². The largest absolute Gasteiger partial charge is 0.364 e. The summed E-state index contributed by atoms with van der Waals surface area (Å²) in [7, 11) is 0. The van der Waals surface area contributed by atoms with E-state index >= 15 is 0 Å². The Bertz CT molecular complexity index is 965. The van der Waals surface area contributed by atoms with Crippen molar-refractivity contribution < 1.29 is 14.6 Å².